The molecule has 1 unspecified atom stereocenters. The van der Waals surface area contributed by atoms with Crippen molar-refractivity contribution in [3.05, 3.63) is 45.4 Å². The van der Waals surface area contributed by atoms with Crippen molar-refractivity contribution in [2.75, 3.05) is 13.7 Å². The Morgan fingerprint density at radius 2 is 2.17 bits per heavy atom. The SMILES string of the molecule is CN=C(NCc1sc(C)nc1C)NC1CCOc2ccccc21.I. The number of ether oxygens (including phenoxy) is 1. The van der Waals surface area contributed by atoms with Crippen LogP contribution in [0, 0.1) is 13.8 Å². The van der Waals surface area contributed by atoms with Crippen LogP contribution in [0.25, 0.3) is 0 Å². The maximum absolute atomic E-state index is 5.71. The highest BCUT2D eigenvalue weighted by Gasteiger charge is 2.21. The lowest BCUT2D eigenvalue weighted by Crippen LogP contribution is -2.40. The Kier molecular flexibility index (Phi) is 6.85. The molecule has 24 heavy (non-hydrogen) atoms. The third-order valence-electron chi connectivity index (χ3n) is 3.91. The van der Waals surface area contributed by atoms with Gasteiger partial charge in [-0.2, -0.15) is 0 Å². The first kappa shape index (κ1) is 19.0. The van der Waals surface area contributed by atoms with Gasteiger partial charge in [0.25, 0.3) is 0 Å². The number of aryl methyl sites for hydroxylation is 2. The highest BCUT2D eigenvalue weighted by Crippen LogP contribution is 2.31. The number of aliphatic imine (C=N–C) groups is 1. The minimum atomic E-state index is 0. The van der Waals surface area contributed by atoms with Gasteiger partial charge in [0.2, 0.25) is 0 Å². The lowest BCUT2D eigenvalue weighted by atomic mass is 10.0. The molecule has 0 spiro atoms. The van der Waals surface area contributed by atoms with Crippen LogP contribution in [0.15, 0.2) is 29.3 Å². The summed E-state index contributed by atoms with van der Waals surface area (Å²) in [4.78, 5) is 10.1. The molecule has 2 N–H and O–H groups in total. The maximum atomic E-state index is 5.71. The van der Waals surface area contributed by atoms with E-state index >= 15 is 0 Å². The summed E-state index contributed by atoms with van der Waals surface area (Å²) in [6.07, 6.45) is 0.927. The molecule has 0 saturated heterocycles. The summed E-state index contributed by atoms with van der Waals surface area (Å²) in [5.41, 5.74) is 2.28. The monoisotopic (exact) mass is 458 g/mol. The highest BCUT2D eigenvalue weighted by atomic mass is 127. The first-order valence-corrected chi connectivity index (χ1v) is 8.61. The van der Waals surface area contributed by atoms with E-state index in [1.807, 2.05) is 32.0 Å². The van der Waals surface area contributed by atoms with Crippen molar-refractivity contribution in [3.63, 3.8) is 0 Å². The molecule has 130 valence electrons. The Labute approximate surface area is 164 Å². The van der Waals surface area contributed by atoms with Gasteiger partial charge in [-0.3, -0.25) is 4.99 Å². The first-order chi connectivity index (χ1) is 11.2. The molecule has 0 aliphatic carbocycles. The number of rotatable bonds is 3. The maximum Gasteiger partial charge on any atom is 0.191 e. The molecule has 0 fully saturated rings. The third-order valence-corrected chi connectivity index (χ3v) is 4.98. The number of nitrogens with zero attached hydrogens (tertiary/aromatic N) is 2. The highest BCUT2D eigenvalue weighted by molar-refractivity contribution is 14.0. The Hall–Kier alpha value is -1.35. The molecule has 2 heterocycles. The quantitative estimate of drug-likeness (QED) is 0.420. The van der Waals surface area contributed by atoms with Crippen LogP contribution in [0.2, 0.25) is 0 Å². The Bertz CT molecular complexity index is 716. The van der Waals surface area contributed by atoms with Crippen molar-refractivity contribution >= 4 is 41.3 Å². The Morgan fingerprint density at radius 1 is 1.38 bits per heavy atom. The Morgan fingerprint density at radius 3 is 2.88 bits per heavy atom. The van der Waals surface area contributed by atoms with Gasteiger partial charge in [0.15, 0.2) is 5.96 Å². The number of aromatic nitrogens is 1. The molecule has 0 saturated carbocycles. The van der Waals surface area contributed by atoms with E-state index in [0.29, 0.717) is 0 Å². The second-order valence-corrected chi connectivity index (χ2v) is 6.83. The summed E-state index contributed by atoms with van der Waals surface area (Å²) in [6.45, 7) is 5.54. The van der Waals surface area contributed by atoms with E-state index in [4.69, 9.17) is 4.74 Å². The molecule has 1 aliphatic rings. The number of para-hydroxylation sites is 1. The molecular formula is C17H23IN4OS. The van der Waals surface area contributed by atoms with Crippen molar-refractivity contribution < 1.29 is 4.74 Å². The molecule has 5 nitrogen and oxygen atoms in total. The van der Waals surface area contributed by atoms with Gasteiger partial charge < -0.3 is 15.4 Å². The van der Waals surface area contributed by atoms with Gasteiger partial charge in [0.05, 0.1) is 29.9 Å². The minimum absolute atomic E-state index is 0. The zero-order chi connectivity index (χ0) is 16.2. The van der Waals surface area contributed by atoms with Crippen molar-refractivity contribution in [1.29, 1.82) is 0 Å². The van der Waals surface area contributed by atoms with Gasteiger partial charge in [-0.1, -0.05) is 18.2 Å². The molecule has 7 heteroatoms. The molecule has 0 bridgehead atoms. The van der Waals surface area contributed by atoms with Gasteiger partial charge in [-0.05, 0) is 19.9 Å². The predicted molar refractivity (Wildman–Crippen MR) is 110 cm³/mol. The summed E-state index contributed by atoms with van der Waals surface area (Å²) in [6, 6.07) is 8.39. The van der Waals surface area contributed by atoms with Crippen molar-refractivity contribution in [3.8, 4) is 5.75 Å². The summed E-state index contributed by atoms with van der Waals surface area (Å²) in [5, 5.41) is 7.99. The lowest BCUT2D eigenvalue weighted by molar-refractivity contribution is 0.261. The molecule has 0 radical (unpaired) electrons. The number of nitrogens with one attached hydrogen (secondary N) is 2. The van der Waals surface area contributed by atoms with E-state index in [0.717, 1.165) is 42.0 Å². The summed E-state index contributed by atoms with van der Waals surface area (Å²) >= 11 is 1.73. The van der Waals surface area contributed by atoms with Crippen LogP contribution in [-0.4, -0.2) is 24.6 Å². The van der Waals surface area contributed by atoms with Crippen LogP contribution in [0.1, 0.15) is 33.6 Å². The number of fused-ring (bicyclic) bond motifs is 1. The van der Waals surface area contributed by atoms with E-state index in [1.54, 1.807) is 18.4 Å². The minimum Gasteiger partial charge on any atom is -0.493 e. The van der Waals surface area contributed by atoms with Crippen LogP contribution >= 0.6 is 35.3 Å². The summed E-state index contributed by atoms with van der Waals surface area (Å²) in [5.74, 6) is 1.76. The van der Waals surface area contributed by atoms with Crippen molar-refractivity contribution in [1.82, 2.24) is 15.6 Å². The molecule has 3 rings (SSSR count). The Balaban J connectivity index is 0.00000208. The normalized spacial score (nSPS) is 16.6. The second kappa shape index (κ2) is 8.66. The fraction of sp³-hybridized carbons (Fsp3) is 0.412. The molecule has 2 aromatic rings. The van der Waals surface area contributed by atoms with E-state index in [2.05, 4.69) is 26.7 Å². The second-order valence-electron chi connectivity index (χ2n) is 5.54. The zero-order valence-electron chi connectivity index (χ0n) is 14.1. The van der Waals surface area contributed by atoms with Crippen LogP contribution < -0.4 is 15.4 Å². The number of benzene rings is 1. The number of thiazole rings is 1. The third kappa shape index (κ3) is 4.38. The average Bonchev–Trinajstić information content (AvgIpc) is 2.89. The molecular weight excluding hydrogens is 435 g/mol. The van der Waals surface area contributed by atoms with E-state index in [-0.39, 0.29) is 30.0 Å². The van der Waals surface area contributed by atoms with Crippen LogP contribution in [0.5, 0.6) is 5.75 Å². The standard InChI is InChI=1S/C17H22N4OS.HI/c1-11-16(23-12(2)20-11)10-19-17(18-3)21-14-8-9-22-15-7-5-4-6-13(14)15;/h4-7,14H,8-10H2,1-3H3,(H2,18,19,21);1H. The van der Waals surface area contributed by atoms with E-state index in [1.165, 1.54) is 10.4 Å². The molecule has 1 aromatic heterocycles. The molecule has 0 amide bonds. The number of guanidine groups is 1. The predicted octanol–water partition coefficient (Wildman–Crippen LogP) is 3.57. The number of hydrogen-bond acceptors (Lipinski definition) is 4. The smallest absolute Gasteiger partial charge is 0.191 e. The molecule has 1 aromatic carbocycles. The van der Waals surface area contributed by atoms with Gasteiger partial charge >= 0.3 is 0 Å². The van der Waals surface area contributed by atoms with Crippen LogP contribution in [0.3, 0.4) is 0 Å². The molecule has 1 aliphatic heterocycles. The van der Waals surface area contributed by atoms with Gasteiger partial charge in [-0.25, -0.2) is 4.98 Å². The van der Waals surface area contributed by atoms with E-state index < -0.39 is 0 Å². The lowest BCUT2D eigenvalue weighted by Gasteiger charge is -2.28. The molecule has 1 atom stereocenters. The fourth-order valence-corrected chi connectivity index (χ4v) is 3.63. The van der Waals surface area contributed by atoms with Gasteiger partial charge in [0, 0.05) is 23.9 Å². The zero-order valence-corrected chi connectivity index (χ0v) is 17.3. The van der Waals surface area contributed by atoms with E-state index in [9.17, 15) is 0 Å². The van der Waals surface area contributed by atoms with Crippen LogP contribution in [0.4, 0.5) is 0 Å². The van der Waals surface area contributed by atoms with Crippen molar-refractivity contribution in [2.24, 2.45) is 4.99 Å². The van der Waals surface area contributed by atoms with Gasteiger partial charge in [0.1, 0.15) is 5.75 Å². The van der Waals surface area contributed by atoms with Gasteiger partial charge in [-0.15, -0.1) is 35.3 Å². The fourth-order valence-electron chi connectivity index (χ4n) is 2.75. The van der Waals surface area contributed by atoms with Crippen molar-refractivity contribution in [2.45, 2.75) is 32.9 Å². The summed E-state index contributed by atoms with van der Waals surface area (Å²) < 4.78 is 5.71. The first-order valence-electron chi connectivity index (χ1n) is 7.79. The largest absolute Gasteiger partial charge is 0.493 e. The van der Waals surface area contributed by atoms with Crippen LogP contribution in [-0.2, 0) is 6.54 Å². The number of hydrogen-bond donors (Lipinski definition) is 2. The topological polar surface area (TPSA) is 58.5 Å². The average molecular weight is 458 g/mol. The summed E-state index contributed by atoms with van der Waals surface area (Å²) in [7, 11) is 1.80. The number of halogens is 1.